The number of para-hydroxylation sites is 1. The summed E-state index contributed by atoms with van der Waals surface area (Å²) in [5, 5.41) is 9.31. The molecule has 20 heavy (non-hydrogen) atoms. The first-order valence-corrected chi connectivity index (χ1v) is 6.96. The number of hydrogen-bond acceptors (Lipinski definition) is 6. The Morgan fingerprint density at radius 1 is 1.40 bits per heavy atom. The van der Waals surface area contributed by atoms with E-state index >= 15 is 0 Å². The van der Waals surface area contributed by atoms with Gasteiger partial charge in [-0.25, -0.2) is 0 Å². The second kappa shape index (κ2) is 6.99. The van der Waals surface area contributed by atoms with Crippen LogP contribution in [0.1, 0.15) is 6.92 Å². The Bertz CT molecular complexity index is 442. The Morgan fingerprint density at radius 2 is 2.10 bits per heavy atom. The molecule has 1 heterocycles. The molecule has 1 aliphatic heterocycles. The van der Waals surface area contributed by atoms with Crippen molar-refractivity contribution in [3.8, 4) is 5.75 Å². The maximum absolute atomic E-state index is 9.27. The Hall–Kier alpha value is -1.21. The van der Waals surface area contributed by atoms with Crippen LogP contribution in [0.4, 0.5) is 0 Å². The highest BCUT2D eigenvalue weighted by Gasteiger charge is 2.43. The Morgan fingerprint density at radius 3 is 2.70 bits per heavy atom. The van der Waals surface area contributed by atoms with Gasteiger partial charge in [-0.05, 0) is 19.1 Å². The number of nitrogens with two attached hydrogens (primary N) is 1. The zero-order chi connectivity index (χ0) is 14.5. The molecule has 1 aliphatic rings. The average molecular weight is 297 g/mol. The van der Waals surface area contributed by atoms with Crippen molar-refractivity contribution in [1.29, 1.82) is 0 Å². The lowest BCUT2D eigenvalue weighted by atomic mass is 9.97. The van der Waals surface area contributed by atoms with E-state index in [2.05, 4.69) is 0 Å². The fourth-order valence-electron chi connectivity index (χ4n) is 2.38. The highest BCUT2D eigenvalue weighted by atomic mass is 32.1. The Labute approximate surface area is 123 Å². The summed E-state index contributed by atoms with van der Waals surface area (Å²) in [6.07, 6.45) is -0.828. The molecule has 0 amide bonds. The monoisotopic (exact) mass is 297 g/mol. The smallest absolute Gasteiger partial charge is 0.358 e. The van der Waals surface area contributed by atoms with E-state index in [-0.39, 0.29) is 36.1 Å². The third kappa shape index (κ3) is 3.46. The van der Waals surface area contributed by atoms with Gasteiger partial charge in [-0.3, -0.25) is 0 Å². The second-order valence-corrected chi connectivity index (χ2v) is 5.04. The van der Waals surface area contributed by atoms with Crippen molar-refractivity contribution in [1.82, 2.24) is 0 Å². The zero-order valence-corrected chi connectivity index (χ0v) is 12.1. The molecule has 1 saturated heterocycles. The van der Waals surface area contributed by atoms with Crippen LogP contribution in [-0.2, 0) is 9.47 Å². The third-order valence-electron chi connectivity index (χ3n) is 3.38. The minimum Gasteiger partial charge on any atom is -0.450 e. The van der Waals surface area contributed by atoms with Gasteiger partial charge in [0.15, 0.2) is 0 Å². The molecule has 1 fully saturated rings. The van der Waals surface area contributed by atoms with Gasteiger partial charge < -0.3 is 25.1 Å². The van der Waals surface area contributed by atoms with Gasteiger partial charge in [0.05, 0.1) is 18.8 Å². The lowest BCUT2D eigenvalue weighted by molar-refractivity contribution is -0.00201. The zero-order valence-electron chi connectivity index (χ0n) is 11.3. The van der Waals surface area contributed by atoms with Crippen molar-refractivity contribution in [3.63, 3.8) is 0 Å². The van der Waals surface area contributed by atoms with Gasteiger partial charge in [-0.2, -0.15) is 0 Å². The Kier molecular flexibility index (Phi) is 5.31. The second-order valence-electron chi connectivity index (χ2n) is 4.71. The molecule has 2 rings (SSSR count). The first kappa shape index (κ1) is 15.2. The molecule has 0 radical (unpaired) electrons. The first-order chi connectivity index (χ1) is 9.65. The molecule has 1 aromatic rings. The van der Waals surface area contributed by atoms with Crippen LogP contribution in [0.2, 0.25) is 0 Å². The molecule has 6 heteroatoms. The number of hydrogen-bond donors (Lipinski definition) is 2. The normalized spacial score (nSPS) is 29.1. The molecule has 0 saturated carbocycles. The maximum Gasteiger partial charge on any atom is 0.358 e. The topological polar surface area (TPSA) is 73.9 Å². The lowest BCUT2D eigenvalue weighted by Gasteiger charge is -2.22. The van der Waals surface area contributed by atoms with E-state index in [1.165, 1.54) is 0 Å². The van der Waals surface area contributed by atoms with Crippen molar-refractivity contribution in [2.24, 2.45) is 11.7 Å². The predicted octanol–water partition coefficient (Wildman–Crippen LogP) is 1.09. The number of rotatable bonds is 4. The van der Waals surface area contributed by atoms with Crippen molar-refractivity contribution in [3.05, 3.63) is 30.3 Å². The maximum atomic E-state index is 9.27. The van der Waals surface area contributed by atoms with Crippen LogP contribution in [0.15, 0.2) is 30.3 Å². The van der Waals surface area contributed by atoms with Crippen molar-refractivity contribution in [2.75, 3.05) is 13.2 Å². The summed E-state index contributed by atoms with van der Waals surface area (Å²) in [5.41, 5.74) is 5.73. The fraction of sp³-hybridized carbons (Fsp3) is 0.500. The summed E-state index contributed by atoms with van der Waals surface area (Å²) in [6.45, 7) is 2.14. The van der Waals surface area contributed by atoms with E-state index in [4.69, 9.17) is 32.2 Å². The minimum absolute atomic E-state index is 0.0358. The van der Waals surface area contributed by atoms with Gasteiger partial charge in [0, 0.05) is 24.7 Å². The molecule has 1 aromatic carbocycles. The van der Waals surface area contributed by atoms with Crippen LogP contribution in [-0.4, -0.2) is 41.8 Å². The van der Waals surface area contributed by atoms with Crippen molar-refractivity contribution < 1.29 is 19.3 Å². The average Bonchev–Trinajstić information content (AvgIpc) is 2.75. The van der Waals surface area contributed by atoms with Crippen LogP contribution >= 0.6 is 12.2 Å². The molecule has 5 nitrogen and oxygen atoms in total. The minimum atomic E-state index is -0.320. The SMILES string of the molecule is C[C@@H]1O[C@H](CO)C(CN)C1OC(=S)Oc1ccccc1. The molecule has 2 unspecified atom stereocenters. The van der Waals surface area contributed by atoms with Crippen molar-refractivity contribution >= 4 is 17.5 Å². The highest BCUT2D eigenvalue weighted by molar-refractivity contribution is 7.79. The summed E-state index contributed by atoms with van der Waals surface area (Å²) < 4.78 is 16.7. The summed E-state index contributed by atoms with van der Waals surface area (Å²) in [4.78, 5) is 0. The molecule has 0 spiro atoms. The van der Waals surface area contributed by atoms with E-state index in [0.29, 0.717) is 12.3 Å². The standard InChI is InChI=1S/C14H19NO4S/c1-9-13(11(7-15)12(8-16)17-9)19-14(20)18-10-5-3-2-4-6-10/h2-6,9,11-13,16H,7-8,15H2,1H3/t9-,11?,12+,13?/m0/s1. The van der Waals surface area contributed by atoms with Crippen LogP contribution in [0, 0.1) is 5.92 Å². The first-order valence-electron chi connectivity index (χ1n) is 6.55. The summed E-state index contributed by atoms with van der Waals surface area (Å²) >= 11 is 5.10. The molecule has 3 N–H and O–H groups in total. The molecular formula is C14H19NO4S. The van der Waals surface area contributed by atoms with E-state index in [0.717, 1.165) is 0 Å². The lowest BCUT2D eigenvalue weighted by Crippen LogP contribution is -2.38. The quantitative estimate of drug-likeness (QED) is 0.811. The predicted molar refractivity (Wildman–Crippen MR) is 78.5 cm³/mol. The number of thiocarbonyl (C=S) groups is 1. The van der Waals surface area contributed by atoms with E-state index in [1.54, 1.807) is 12.1 Å². The number of aliphatic hydroxyl groups is 1. The van der Waals surface area contributed by atoms with Gasteiger partial charge in [-0.15, -0.1) is 0 Å². The van der Waals surface area contributed by atoms with Gasteiger partial charge in [0.2, 0.25) is 0 Å². The highest BCUT2D eigenvalue weighted by Crippen LogP contribution is 2.29. The molecule has 110 valence electrons. The van der Waals surface area contributed by atoms with E-state index < -0.39 is 0 Å². The van der Waals surface area contributed by atoms with Crippen molar-refractivity contribution in [2.45, 2.75) is 25.2 Å². The van der Waals surface area contributed by atoms with Crippen LogP contribution in [0.25, 0.3) is 0 Å². The van der Waals surface area contributed by atoms with Gasteiger partial charge in [0.25, 0.3) is 0 Å². The molecule has 4 atom stereocenters. The van der Waals surface area contributed by atoms with Crippen LogP contribution in [0.3, 0.4) is 0 Å². The molecular weight excluding hydrogens is 278 g/mol. The Balaban J connectivity index is 1.96. The largest absolute Gasteiger partial charge is 0.450 e. The molecule has 0 aromatic heterocycles. The van der Waals surface area contributed by atoms with E-state index in [1.807, 2.05) is 25.1 Å². The summed E-state index contributed by atoms with van der Waals surface area (Å²) in [5.74, 6) is 0.513. The van der Waals surface area contributed by atoms with Crippen LogP contribution in [0.5, 0.6) is 5.75 Å². The molecule has 0 aliphatic carbocycles. The fourth-order valence-corrected chi connectivity index (χ4v) is 2.59. The van der Waals surface area contributed by atoms with Gasteiger partial charge in [0.1, 0.15) is 11.9 Å². The van der Waals surface area contributed by atoms with Crippen LogP contribution < -0.4 is 10.5 Å². The molecule has 0 bridgehead atoms. The summed E-state index contributed by atoms with van der Waals surface area (Å²) in [6, 6.07) is 9.18. The van der Waals surface area contributed by atoms with E-state index in [9.17, 15) is 5.11 Å². The number of aliphatic hydroxyl groups excluding tert-OH is 1. The third-order valence-corrected chi connectivity index (χ3v) is 3.56. The van der Waals surface area contributed by atoms with Gasteiger partial charge in [-0.1, -0.05) is 18.2 Å². The number of benzene rings is 1. The summed E-state index contributed by atoms with van der Waals surface area (Å²) in [7, 11) is 0. The number of ether oxygens (including phenoxy) is 3. The van der Waals surface area contributed by atoms with Gasteiger partial charge >= 0.3 is 5.24 Å².